The molecule has 0 amide bonds. The van der Waals surface area contributed by atoms with Gasteiger partial charge in [-0.05, 0) is 25.0 Å². The first kappa shape index (κ1) is 14.6. The fourth-order valence-corrected chi connectivity index (χ4v) is 1.81. The van der Waals surface area contributed by atoms with Gasteiger partial charge in [-0.25, -0.2) is 14.7 Å². The van der Waals surface area contributed by atoms with Crippen molar-refractivity contribution in [1.29, 1.82) is 0 Å². The molecule has 8 nitrogen and oxygen atoms in total. The number of aromatic amines is 2. The van der Waals surface area contributed by atoms with E-state index in [1.165, 1.54) is 6.07 Å². The maximum atomic E-state index is 11.4. The fourth-order valence-electron chi connectivity index (χ4n) is 1.81. The Labute approximate surface area is 119 Å². The van der Waals surface area contributed by atoms with E-state index >= 15 is 0 Å². The minimum atomic E-state index is -0.840. The number of H-pyrrole nitrogens is 2. The molecule has 8 heteroatoms. The Kier molecular flexibility index (Phi) is 4.27. The van der Waals surface area contributed by atoms with Crippen LogP contribution in [0.2, 0.25) is 0 Å². The third kappa shape index (κ3) is 3.22. The Bertz CT molecular complexity index is 704. The van der Waals surface area contributed by atoms with Crippen LogP contribution in [0.3, 0.4) is 0 Å². The lowest BCUT2D eigenvalue weighted by Gasteiger charge is -2.11. The molecule has 0 unspecified atom stereocenters. The standard InChI is InChI=1S/C13H15N3O5/c1-3-7-5-8(11-14-12(18)16-15-11)9(17)6-10(7)21-13(19)20-4-2/h5-6,17H,3-4H2,1-2H3,(H2,14,15,16,18). The van der Waals surface area contributed by atoms with Crippen LogP contribution in [0.1, 0.15) is 19.4 Å². The van der Waals surface area contributed by atoms with Crippen LogP contribution in [-0.4, -0.2) is 33.1 Å². The average Bonchev–Trinajstić information content (AvgIpc) is 2.85. The van der Waals surface area contributed by atoms with E-state index in [2.05, 4.69) is 15.2 Å². The van der Waals surface area contributed by atoms with E-state index in [1.807, 2.05) is 6.92 Å². The minimum absolute atomic E-state index is 0.172. The average molecular weight is 293 g/mol. The van der Waals surface area contributed by atoms with E-state index in [1.54, 1.807) is 13.0 Å². The lowest BCUT2D eigenvalue weighted by molar-refractivity contribution is 0.104. The quantitative estimate of drug-likeness (QED) is 0.581. The molecule has 0 atom stereocenters. The summed E-state index contributed by atoms with van der Waals surface area (Å²) in [6, 6.07) is 2.88. The molecule has 0 radical (unpaired) electrons. The molecule has 1 aromatic carbocycles. The predicted molar refractivity (Wildman–Crippen MR) is 73.3 cm³/mol. The van der Waals surface area contributed by atoms with Gasteiger partial charge in [0, 0.05) is 6.07 Å². The van der Waals surface area contributed by atoms with Gasteiger partial charge in [0.2, 0.25) is 0 Å². The van der Waals surface area contributed by atoms with Crippen LogP contribution in [0, 0.1) is 0 Å². The summed E-state index contributed by atoms with van der Waals surface area (Å²) >= 11 is 0. The Balaban J connectivity index is 2.39. The number of aryl methyl sites for hydroxylation is 1. The Hall–Kier alpha value is -2.77. The molecular formula is C13H15N3O5. The molecule has 2 aromatic rings. The van der Waals surface area contributed by atoms with Crippen molar-refractivity contribution in [2.24, 2.45) is 0 Å². The second kappa shape index (κ2) is 6.12. The first-order valence-corrected chi connectivity index (χ1v) is 6.40. The van der Waals surface area contributed by atoms with E-state index < -0.39 is 11.8 Å². The maximum Gasteiger partial charge on any atom is 0.513 e. The molecular weight excluding hydrogens is 278 g/mol. The largest absolute Gasteiger partial charge is 0.513 e. The zero-order chi connectivity index (χ0) is 15.4. The molecule has 0 spiro atoms. The molecule has 2 rings (SSSR count). The molecule has 0 aliphatic rings. The number of rotatable bonds is 4. The molecule has 3 N–H and O–H groups in total. The summed E-state index contributed by atoms with van der Waals surface area (Å²) in [4.78, 5) is 24.9. The van der Waals surface area contributed by atoms with Gasteiger partial charge >= 0.3 is 11.8 Å². The lowest BCUT2D eigenvalue weighted by Crippen LogP contribution is -2.11. The summed E-state index contributed by atoms with van der Waals surface area (Å²) in [5.41, 5.74) is 0.524. The number of carbonyl (C=O) groups excluding carboxylic acids is 1. The summed E-state index contributed by atoms with van der Waals surface area (Å²) in [5.74, 6) is 0.235. The van der Waals surface area contributed by atoms with E-state index in [0.717, 1.165) is 0 Å². The van der Waals surface area contributed by atoms with Gasteiger partial charge in [0.1, 0.15) is 11.5 Å². The summed E-state index contributed by atoms with van der Waals surface area (Å²) in [7, 11) is 0. The molecule has 0 bridgehead atoms. The van der Waals surface area contributed by atoms with Crippen molar-refractivity contribution in [3.8, 4) is 22.9 Å². The molecule has 0 saturated carbocycles. The highest BCUT2D eigenvalue weighted by Gasteiger charge is 2.16. The third-order valence-electron chi connectivity index (χ3n) is 2.77. The minimum Gasteiger partial charge on any atom is -0.507 e. The molecule has 0 fully saturated rings. The zero-order valence-corrected chi connectivity index (χ0v) is 11.6. The molecule has 21 heavy (non-hydrogen) atoms. The molecule has 1 heterocycles. The van der Waals surface area contributed by atoms with Gasteiger partial charge in [-0.15, -0.1) is 0 Å². The Morgan fingerprint density at radius 1 is 1.38 bits per heavy atom. The van der Waals surface area contributed by atoms with Gasteiger partial charge < -0.3 is 14.6 Å². The number of aromatic hydroxyl groups is 1. The van der Waals surface area contributed by atoms with E-state index in [9.17, 15) is 14.7 Å². The van der Waals surface area contributed by atoms with E-state index in [4.69, 9.17) is 9.47 Å². The van der Waals surface area contributed by atoms with E-state index in [-0.39, 0.29) is 23.9 Å². The first-order chi connectivity index (χ1) is 10.0. The number of phenolic OH excluding ortho intramolecular Hbond substituents is 1. The van der Waals surface area contributed by atoms with Crippen molar-refractivity contribution in [1.82, 2.24) is 15.2 Å². The summed E-state index contributed by atoms with van der Waals surface area (Å²) in [6.45, 7) is 3.72. The number of nitrogens with zero attached hydrogens (tertiary/aromatic N) is 1. The SMILES string of the molecule is CCOC(=O)Oc1cc(O)c(-c2n[nH]c(=O)[nH]2)cc1CC. The topological polar surface area (TPSA) is 117 Å². The van der Waals surface area contributed by atoms with Gasteiger partial charge in [0.05, 0.1) is 12.2 Å². The highest BCUT2D eigenvalue weighted by Crippen LogP contribution is 2.33. The number of phenols is 1. The first-order valence-electron chi connectivity index (χ1n) is 6.40. The molecule has 0 saturated heterocycles. The highest BCUT2D eigenvalue weighted by molar-refractivity contribution is 5.70. The number of aromatic nitrogens is 3. The second-order valence-corrected chi connectivity index (χ2v) is 4.14. The van der Waals surface area contributed by atoms with Gasteiger partial charge in [0.15, 0.2) is 5.82 Å². The lowest BCUT2D eigenvalue weighted by atomic mass is 10.1. The smallest absolute Gasteiger partial charge is 0.507 e. The van der Waals surface area contributed by atoms with Crippen LogP contribution >= 0.6 is 0 Å². The fraction of sp³-hybridized carbons (Fsp3) is 0.308. The molecule has 0 aliphatic heterocycles. The van der Waals surface area contributed by atoms with Gasteiger partial charge in [-0.1, -0.05) is 6.92 Å². The number of ether oxygens (including phenoxy) is 2. The van der Waals surface area contributed by atoms with Crippen molar-refractivity contribution in [3.05, 3.63) is 28.2 Å². The van der Waals surface area contributed by atoms with Gasteiger partial charge in [-0.3, -0.25) is 4.98 Å². The maximum absolute atomic E-state index is 11.4. The number of nitrogens with one attached hydrogen (secondary N) is 2. The number of carbonyl (C=O) groups is 1. The number of hydrogen-bond acceptors (Lipinski definition) is 6. The highest BCUT2D eigenvalue weighted by atomic mass is 16.7. The van der Waals surface area contributed by atoms with Crippen molar-refractivity contribution < 1.29 is 19.4 Å². The molecule has 0 aliphatic carbocycles. The van der Waals surface area contributed by atoms with Crippen LogP contribution in [0.15, 0.2) is 16.9 Å². The van der Waals surface area contributed by atoms with Crippen LogP contribution in [0.5, 0.6) is 11.5 Å². The Morgan fingerprint density at radius 2 is 2.14 bits per heavy atom. The summed E-state index contributed by atoms with van der Waals surface area (Å²) < 4.78 is 9.73. The third-order valence-corrected chi connectivity index (χ3v) is 2.77. The van der Waals surface area contributed by atoms with Gasteiger partial charge in [0.25, 0.3) is 0 Å². The number of hydrogen-bond donors (Lipinski definition) is 3. The van der Waals surface area contributed by atoms with Crippen molar-refractivity contribution >= 4 is 6.16 Å². The van der Waals surface area contributed by atoms with Crippen LogP contribution in [0.4, 0.5) is 4.79 Å². The molecule has 112 valence electrons. The number of benzene rings is 1. The van der Waals surface area contributed by atoms with Crippen LogP contribution < -0.4 is 10.4 Å². The zero-order valence-electron chi connectivity index (χ0n) is 11.6. The van der Waals surface area contributed by atoms with Crippen LogP contribution in [0.25, 0.3) is 11.4 Å². The normalized spacial score (nSPS) is 10.4. The van der Waals surface area contributed by atoms with Gasteiger partial charge in [-0.2, -0.15) is 5.10 Å². The summed E-state index contributed by atoms with van der Waals surface area (Å²) in [5, 5.41) is 16.0. The van der Waals surface area contributed by atoms with Crippen molar-refractivity contribution in [3.63, 3.8) is 0 Å². The molecule has 1 aromatic heterocycles. The monoisotopic (exact) mass is 293 g/mol. The second-order valence-electron chi connectivity index (χ2n) is 4.14. The van der Waals surface area contributed by atoms with Crippen molar-refractivity contribution in [2.45, 2.75) is 20.3 Å². The van der Waals surface area contributed by atoms with Crippen molar-refractivity contribution in [2.75, 3.05) is 6.61 Å². The Morgan fingerprint density at radius 3 is 2.71 bits per heavy atom. The predicted octanol–water partition coefficient (Wildman–Crippen LogP) is 1.57. The summed E-state index contributed by atoms with van der Waals surface area (Å²) in [6.07, 6.45) is -0.288. The van der Waals surface area contributed by atoms with E-state index in [0.29, 0.717) is 17.5 Å². The van der Waals surface area contributed by atoms with Crippen LogP contribution in [-0.2, 0) is 11.2 Å².